The van der Waals surface area contributed by atoms with Gasteiger partial charge in [0, 0.05) is 17.0 Å². The Balaban J connectivity index is 1.59. The number of amides is 1. The van der Waals surface area contributed by atoms with Crippen molar-refractivity contribution in [2.24, 2.45) is 0 Å². The van der Waals surface area contributed by atoms with E-state index in [4.69, 9.17) is 39.5 Å². The molecule has 4 aromatic carbocycles. The minimum absolute atomic E-state index is 0.0482. The van der Waals surface area contributed by atoms with E-state index in [1.165, 1.54) is 12.1 Å². The molecule has 0 aliphatic rings. The van der Waals surface area contributed by atoms with Gasteiger partial charge in [-0.15, -0.1) is 0 Å². The van der Waals surface area contributed by atoms with Crippen molar-refractivity contribution < 1.29 is 17.9 Å². The summed E-state index contributed by atoms with van der Waals surface area (Å²) in [5.74, 6) is 5.67. The Morgan fingerprint density at radius 2 is 1.49 bits per heavy atom. The van der Waals surface area contributed by atoms with Crippen molar-refractivity contribution in [3.05, 3.63) is 134 Å². The predicted octanol–water partition coefficient (Wildman–Crippen LogP) is 9.36. The van der Waals surface area contributed by atoms with Gasteiger partial charge in [-0.05, 0) is 67.8 Å². The first-order valence-corrected chi connectivity index (χ1v) is 16.9. The van der Waals surface area contributed by atoms with Crippen LogP contribution >= 0.6 is 34.8 Å². The third-order valence-electron chi connectivity index (χ3n) is 6.48. The highest BCUT2D eigenvalue weighted by Crippen LogP contribution is 2.30. The summed E-state index contributed by atoms with van der Waals surface area (Å²) in [5.41, 5.74) is 2.98. The molecule has 45 heavy (non-hydrogen) atoms. The molecule has 6 nitrogen and oxygen atoms in total. The van der Waals surface area contributed by atoms with Crippen molar-refractivity contribution in [2.75, 3.05) is 11.9 Å². The Kier molecular flexibility index (Phi) is 11.5. The third-order valence-corrected chi connectivity index (χ3v) is 9.15. The van der Waals surface area contributed by atoms with E-state index in [9.17, 15) is 13.2 Å². The van der Waals surface area contributed by atoms with Crippen LogP contribution in [0, 0.1) is 11.8 Å². The smallest absolute Gasteiger partial charge is 0.424 e. The van der Waals surface area contributed by atoms with Crippen molar-refractivity contribution in [3.8, 4) is 11.8 Å². The Morgan fingerprint density at radius 3 is 2.07 bits per heavy atom. The average molecular weight is 684 g/mol. The van der Waals surface area contributed by atoms with Crippen LogP contribution in [0.15, 0.2) is 97.1 Å². The number of nitrogens with zero attached hydrogens (tertiary/aromatic N) is 1. The maximum Gasteiger partial charge on any atom is 0.424 e. The van der Waals surface area contributed by atoms with Crippen LogP contribution in [0.25, 0.3) is 0 Å². The number of sulfonamides is 1. The van der Waals surface area contributed by atoms with Gasteiger partial charge >= 0.3 is 6.09 Å². The SMILES string of the molecule is CC(C)(C)OC(=O)N(CCC#Cc1cc(Cl)ccc1NC(c1ccccc1)c1ccccc1)S(=O)(=O)Cc1ccc(Cl)c(Cl)c1. The molecule has 0 bridgehead atoms. The van der Waals surface area contributed by atoms with Gasteiger partial charge in [-0.1, -0.05) is 113 Å². The minimum Gasteiger partial charge on any atom is -0.443 e. The van der Waals surface area contributed by atoms with Gasteiger partial charge in [0.15, 0.2) is 0 Å². The van der Waals surface area contributed by atoms with Crippen molar-refractivity contribution in [1.82, 2.24) is 4.31 Å². The zero-order valence-electron chi connectivity index (χ0n) is 25.1. The van der Waals surface area contributed by atoms with E-state index in [1.54, 1.807) is 39.0 Å². The molecule has 0 atom stereocenters. The fourth-order valence-electron chi connectivity index (χ4n) is 4.44. The Hall–Kier alpha value is -3.67. The van der Waals surface area contributed by atoms with Crippen LogP contribution in [-0.4, -0.2) is 31.0 Å². The maximum absolute atomic E-state index is 13.5. The van der Waals surface area contributed by atoms with Gasteiger partial charge in [0.25, 0.3) is 0 Å². The second-order valence-corrected chi connectivity index (χ2v) is 14.3. The highest BCUT2D eigenvalue weighted by atomic mass is 35.5. The molecule has 0 saturated carbocycles. The van der Waals surface area contributed by atoms with Gasteiger partial charge in [0.1, 0.15) is 5.60 Å². The Bertz CT molecular complexity index is 1760. The zero-order valence-corrected chi connectivity index (χ0v) is 28.1. The van der Waals surface area contributed by atoms with Gasteiger partial charge < -0.3 is 10.1 Å². The number of anilines is 1. The summed E-state index contributed by atoms with van der Waals surface area (Å²) in [5, 5.41) is 4.61. The molecule has 0 heterocycles. The monoisotopic (exact) mass is 682 g/mol. The first-order valence-electron chi connectivity index (χ1n) is 14.1. The number of hydrogen-bond donors (Lipinski definition) is 1. The summed E-state index contributed by atoms with van der Waals surface area (Å²) >= 11 is 18.4. The van der Waals surface area contributed by atoms with Gasteiger partial charge in [-0.2, -0.15) is 0 Å². The molecule has 0 radical (unpaired) electrons. The zero-order chi connectivity index (χ0) is 32.6. The fraction of sp³-hybridized carbons (Fsp3) is 0.229. The second kappa shape index (κ2) is 15.1. The molecule has 0 spiro atoms. The molecule has 0 aliphatic heterocycles. The van der Waals surface area contributed by atoms with E-state index in [-0.39, 0.29) is 24.0 Å². The number of benzene rings is 4. The van der Waals surface area contributed by atoms with Crippen molar-refractivity contribution in [1.29, 1.82) is 0 Å². The first kappa shape index (κ1) is 34.2. The first-order chi connectivity index (χ1) is 21.3. The quantitative estimate of drug-likeness (QED) is 0.178. The predicted molar refractivity (Wildman–Crippen MR) is 183 cm³/mol. The van der Waals surface area contributed by atoms with Crippen LogP contribution in [0.1, 0.15) is 55.5 Å². The Morgan fingerprint density at radius 1 is 0.867 bits per heavy atom. The molecular weight excluding hydrogens is 651 g/mol. The van der Waals surface area contributed by atoms with Crippen LogP contribution in [-0.2, 0) is 20.5 Å². The molecule has 0 aromatic heterocycles. The van der Waals surface area contributed by atoms with E-state index in [2.05, 4.69) is 41.4 Å². The number of halogens is 3. The van der Waals surface area contributed by atoms with Crippen LogP contribution in [0.5, 0.6) is 0 Å². The lowest BCUT2D eigenvalue weighted by atomic mass is 9.98. The fourth-order valence-corrected chi connectivity index (χ4v) is 6.32. The van der Waals surface area contributed by atoms with E-state index >= 15 is 0 Å². The second-order valence-electron chi connectivity index (χ2n) is 11.2. The Labute approximate surface area is 280 Å². The highest BCUT2D eigenvalue weighted by molar-refractivity contribution is 7.88. The van der Waals surface area contributed by atoms with E-state index in [0.717, 1.165) is 16.8 Å². The molecular formula is C35H33Cl3N2O4S. The van der Waals surface area contributed by atoms with Gasteiger partial charge in [-0.3, -0.25) is 0 Å². The lowest BCUT2D eigenvalue weighted by Gasteiger charge is -2.26. The van der Waals surface area contributed by atoms with Gasteiger partial charge in [0.05, 0.1) is 34.1 Å². The molecule has 1 amide bonds. The standard InChI is InChI=1S/C35H33Cl3N2O4S/c1-35(2,3)44-34(41)40(45(42,43)24-25-17-19-30(37)31(38)22-25)21-11-10-16-28-23-29(36)18-20-32(28)39-33(26-12-6-4-7-13-26)27-14-8-5-9-15-27/h4-9,12-15,17-20,22-23,33,39H,11,21,24H2,1-3H3. The summed E-state index contributed by atoms with van der Waals surface area (Å²) in [6.45, 7) is 4.78. The number of ether oxygens (including phenoxy) is 1. The van der Waals surface area contributed by atoms with Crippen molar-refractivity contribution in [2.45, 2.75) is 44.6 Å². The van der Waals surface area contributed by atoms with E-state index in [0.29, 0.717) is 25.5 Å². The lowest BCUT2D eigenvalue weighted by Crippen LogP contribution is -2.41. The summed E-state index contributed by atoms with van der Waals surface area (Å²) in [6.07, 6.45) is -0.935. The maximum atomic E-state index is 13.5. The molecule has 0 fully saturated rings. The summed E-state index contributed by atoms with van der Waals surface area (Å²) in [4.78, 5) is 13.1. The number of hydrogen-bond acceptors (Lipinski definition) is 5. The number of carbonyl (C=O) groups is 1. The molecule has 234 valence electrons. The molecule has 4 rings (SSSR count). The van der Waals surface area contributed by atoms with E-state index < -0.39 is 27.5 Å². The lowest BCUT2D eigenvalue weighted by molar-refractivity contribution is 0.0393. The normalized spacial score (nSPS) is 11.4. The van der Waals surface area contributed by atoms with Crippen molar-refractivity contribution >= 4 is 56.6 Å². The molecule has 1 N–H and O–H groups in total. The molecule has 0 unspecified atom stereocenters. The summed E-state index contributed by atoms with van der Waals surface area (Å²) in [6, 6.07) is 29.8. The number of nitrogens with one attached hydrogen (secondary N) is 1. The minimum atomic E-state index is -4.16. The number of carbonyl (C=O) groups excluding carboxylic acids is 1. The van der Waals surface area contributed by atoms with Gasteiger partial charge in [0.2, 0.25) is 10.0 Å². The van der Waals surface area contributed by atoms with Crippen LogP contribution in [0.2, 0.25) is 15.1 Å². The molecule has 0 saturated heterocycles. The van der Waals surface area contributed by atoms with Crippen molar-refractivity contribution in [3.63, 3.8) is 0 Å². The van der Waals surface area contributed by atoms with Crippen LogP contribution in [0.4, 0.5) is 10.5 Å². The molecule has 4 aromatic rings. The van der Waals surface area contributed by atoms with Crippen LogP contribution < -0.4 is 5.32 Å². The highest BCUT2D eigenvalue weighted by Gasteiger charge is 2.31. The molecule has 0 aliphatic carbocycles. The largest absolute Gasteiger partial charge is 0.443 e. The number of rotatable bonds is 9. The molecule has 10 heteroatoms. The van der Waals surface area contributed by atoms with Gasteiger partial charge in [-0.25, -0.2) is 17.5 Å². The third kappa shape index (κ3) is 9.91. The van der Waals surface area contributed by atoms with E-state index in [1.807, 2.05) is 42.5 Å². The topological polar surface area (TPSA) is 75.7 Å². The summed E-state index contributed by atoms with van der Waals surface area (Å²) < 4.78 is 33.0. The van der Waals surface area contributed by atoms with Crippen LogP contribution in [0.3, 0.4) is 0 Å². The average Bonchev–Trinajstić information content (AvgIpc) is 2.98. The summed E-state index contributed by atoms with van der Waals surface area (Å²) in [7, 11) is -4.16.